The second kappa shape index (κ2) is 3.94. The summed E-state index contributed by atoms with van der Waals surface area (Å²) in [6, 6.07) is 13.9. The van der Waals surface area contributed by atoms with Gasteiger partial charge in [0.25, 0.3) is 5.91 Å². The predicted octanol–water partition coefficient (Wildman–Crippen LogP) is 2.16. The quantitative estimate of drug-likeness (QED) is 0.575. The summed E-state index contributed by atoms with van der Waals surface area (Å²) in [4.78, 5) is 14.0. The van der Waals surface area contributed by atoms with Crippen LogP contribution in [0.15, 0.2) is 42.5 Å². The Bertz CT molecular complexity index is 818. The van der Waals surface area contributed by atoms with Gasteiger partial charge in [0, 0.05) is 27.4 Å². The fraction of sp³-hybridized carbons (Fsp3) is 0. The van der Waals surface area contributed by atoms with E-state index in [2.05, 4.69) is 22.9 Å². The first kappa shape index (κ1) is 10.4. The maximum Gasteiger partial charge on any atom is 0.293 e. The standard InChI is InChI=1S/C15H10N2O/c16-15(18)8-6-10-5-7-14-12(9-10)11-3-1-2-4-13(11)17-14/h1-5,7,9,17H,(H2,16,18). The summed E-state index contributed by atoms with van der Waals surface area (Å²) in [5, 5.41) is 2.25. The molecule has 0 saturated heterocycles. The van der Waals surface area contributed by atoms with Crippen LogP contribution in [0.25, 0.3) is 21.8 Å². The number of nitrogens with two attached hydrogens (primary N) is 1. The maximum absolute atomic E-state index is 10.6. The molecule has 3 aromatic rings. The summed E-state index contributed by atoms with van der Waals surface area (Å²) in [6.45, 7) is 0. The molecule has 0 aliphatic carbocycles. The van der Waals surface area contributed by atoms with Crippen LogP contribution in [0.4, 0.5) is 0 Å². The van der Waals surface area contributed by atoms with E-state index in [1.807, 2.05) is 36.4 Å². The van der Waals surface area contributed by atoms with E-state index in [1.54, 1.807) is 0 Å². The number of primary amides is 1. The van der Waals surface area contributed by atoms with Crippen LogP contribution in [-0.2, 0) is 4.79 Å². The summed E-state index contributed by atoms with van der Waals surface area (Å²) >= 11 is 0. The van der Waals surface area contributed by atoms with Crippen molar-refractivity contribution in [3.8, 4) is 11.8 Å². The fourth-order valence-electron chi connectivity index (χ4n) is 2.06. The lowest BCUT2D eigenvalue weighted by Crippen LogP contribution is -2.06. The number of aromatic nitrogens is 1. The summed E-state index contributed by atoms with van der Waals surface area (Å²) in [5.41, 5.74) is 7.93. The molecule has 0 aliphatic rings. The van der Waals surface area contributed by atoms with Crippen LogP contribution in [0.2, 0.25) is 0 Å². The van der Waals surface area contributed by atoms with Gasteiger partial charge in [-0.1, -0.05) is 24.1 Å². The lowest BCUT2D eigenvalue weighted by molar-refractivity contribution is -0.112. The number of hydrogen-bond donors (Lipinski definition) is 2. The van der Waals surface area contributed by atoms with Crippen molar-refractivity contribution in [3.63, 3.8) is 0 Å². The minimum Gasteiger partial charge on any atom is -0.359 e. The minimum atomic E-state index is -0.617. The van der Waals surface area contributed by atoms with Crippen LogP contribution in [0, 0.1) is 11.8 Å². The van der Waals surface area contributed by atoms with Gasteiger partial charge in [0.05, 0.1) is 0 Å². The molecular weight excluding hydrogens is 224 g/mol. The molecule has 0 radical (unpaired) electrons. The van der Waals surface area contributed by atoms with Crippen LogP contribution < -0.4 is 5.73 Å². The molecule has 0 spiro atoms. The monoisotopic (exact) mass is 234 g/mol. The van der Waals surface area contributed by atoms with Crippen molar-refractivity contribution in [2.75, 3.05) is 0 Å². The van der Waals surface area contributed by atoms with Gasteiger partial charge in [0.15, 0.2) is 0 Å². The van der Waals surface area contributed by atoms with Crippen LogP contribution >= 0.6 is 0 Å². The van der Waals surface area contributed by atoms with E-state index >= 15 is 0 Å². The van der Waals surface area contributed by atoms with E-state index in [0.717, 1.165) is 27.4 Å². The van der Waals surface area contributed by atoms with Crippen LogP contribution in [0.1, 0.15) is 5.56 Å². The number of amides is 1. The zero-order valence-electron chi connectivity index (χ0n) is 9.53. The van der Waals surface area contributed by atoms with E-state index in [4.69, 9.17) is 5.73 Å². The van der Waals surface area contributed by atoms with E-state index in [9.17, 15) is 4.79 Å². The van der Waals surface area contributed by atoms with Crippen molar-refractivity contribution >= 4 is 27.7 Å². The van der Waals surface area contributed by atoms with Crippen molar-refractivity contribution in [1.82, 2.24) is 4.98 Å². The van der Waals surface area contributed by atoms with Gasteiger partial charge in [-0.25, -0.2) is 0 Å². The Morgan fingerprint density at radius 2 is 1.83 bits per heavy atom. The van der Waals surface area contributed by atoms with Gasteiger partial charge in [-0.3, -0.25) is 4.79 Å². The van der Waals surface area contributed by atoms with Gasteiger partial charge in [-0.15, -0.1) is 0 Å². The molecule has 0 unspecified atom stereocenters. The Morgan fingerprint density at radius 3 is 2.67 bits per heavy atom. The molecule has 2 aromatic carbocycles. The van der Waals surface area contributed by atoms with Gasteiger partial charge in [-0.2, -0.15) is 0 Å². The Hall–Kier alpha value is -2.73. The topological polar surface area (TPSA) is 58.9 Å². The smallest absolute Gasteiger partial charge is 0.293 e. The number of benzene rings is 2. The number of nitrogens with one attached hydrogen (secondary N) is 1. The minimum absolute atomic E-state index is 0.617. The van der Waals surface area contributed by atoms with Crippen LogP contribution in [0.3, 0.4) is 0 Å². The highest BCUT2D eigenvalue weighted by atomic mass is 16.1. The maximum atomic E-state index is 10.6. The first-order chi connectivity index (χ1) is 8.74. The third-order valence-corrected chi connectivity index (χ3v) is 2.84. The molecule has 0 aliphatic heterocycles. The van der Waals surface area contributed by atoms with Crippen molar-refractivity contribution in [2.45, 2.75) is 0 Å². The number of fused-ring (bicyclic) bond motifs is 3. The van der Waals surface area contributed by atoms with Gasteiger partial charge < -0.3 is 10.7 Å². The van der Waals surface area contributed by atoms with Crippen molar-refractivity contribution in [1.29, 1.82) is 0 Å². The highest BCUT2D eigenvalue weighted by Crippen LogP contribution is 2.25. The zero-order chi connectivity index (χ0) is 12.5. The molecule has 3 nitrogen and oxygen atoms in total. The average Bonchev–Trinajstić information content (AvgIpc) is 2.74. The number of carbonyl (C=O) groups excluding carboxylic acids is 1. The molecule has 3 heteroatoms. The number of para-hydroxylation sites is 1. The second-order valence-electron chi connectivity index (χ2n) is 4.05. The lowest BCUT2D eigenvalue weighted by atomic mass is 10.1. The number of hydrogen-bond acceptors (Lipinski definition) is 1. The molecule has 1 aromatic heterocycles. The molecule has 3 N–H and O–H groups in total. The summed E-state index contributed by atoms with van der Waals surface area (Å²) in [7, 11) is 0. The van der Waals surface area contributed by atoms with Crippen LogP contribution in [-0.4, -0.2) is 10.9 Å². The molecule has 1 amide bonds. The van der Waals surface area contributed by atoms with Gasteiger partial charge in [-0.05, 0) is 30.2 Å². The van der Waals surface area contributed by atoms with E-state index in [0.29, 0.717) is 0 Å². The number of carbonyl (C=O) groups is 1. The molecule has 86 valence electrons. The zero-order valence-corrected chi connectivity index (χ0v) is 9.53. The van der Waals surface area contributed by atoms with Gasteiger partial charge in [0.2, 0.25) is 0 Å². The molecule has 1 heterocycles. The van der Waals surface area contributed by atoms with Crippen molar-refractivity contribution in [3.05, 3.63) is 48.0 Å². The predicted molar refractivity (Wildman–Crippen MR) is 71.9 cm³/mol. The third kappa shape index (κ3) is 1.70. The molecule has 0 fully saturated rings. The molecule has 0 bridgehead atoms. The highest BCUT2D eigenvalue weighted by Gasteiger charge is 2.03. The average molecular weight is 234 g/mol. The number of rotatable bonds is 0. The first-order valence-electron chi connectivity index (χ1n) is 5.56. The highest BCUT2D eigenvalue weighted by molar-refractivity contribution is 6.07. The molecular formula is C15H10N2O. The van der Waals surface area contributed by atoms with Crippen molar-refractivity contribution < 1.29 is 4.79 Å². The Balaban J connectivity index is 2.25. The van der Waals surface area contributed by atoms with Crippen LogP contribution in [0.5, 0.6) is 0 Å². The van der Waals surface area contributed by atoms with Crippen molar-refractivity contribution in [2.24, 2.45) is 5.73 Å². The molecule has 18 heavy (non-hydrogen) atoms. The third-order valence-electron chi connectivity index (χ3n) is 2.84. The Kier molecular flexibility index (Phi) is 2.28. The molecule has 0 atom stereocenters. The summed E-state index contributed by atoms with van der Waals surface area (Å²) in [5.74, 6) is 4.48. The largest absolute Gasteiger partial charge is 0.359 e. The normalized spacial score (nSPS) is 10.2. The molecule has 3 rings (SSSR count). The van der Waals surface area contributed by atoms with E-state index in [1.165, 1.54) is 0 Å². The lowest BCUT2D eigenvalue weighted by Gasteiger charge is -1.92. The first-order valence-corrected chi connectivity index (χ1v) is 5.56. The summed E-state index contributed by atoms with van der Waals surface area (Å²) in [6.07, 6.45) is 0. The number of aromatic amines is 1. The van der Waals surface area contributed by atoms with Gasteiger partial charge >= 0.3 is 0 Å². The fourth-order valence-corrected chi connectivity index (χ4v) is 2.06. The number of H-pyrrole nitrogens is 1. The Morgan fingerprint density at radius 1 is 1.06 bits per heavy atom. The Labute approximate surface area is 104 Å². The van der Waals surface area contributed by atoms with E-state index < -0.39 is 5.91 Å². The molecule has 0 saturated carbocycles. The second-order valence-corrected chi connectivity index (χ2v) is 4.05. The van der Waals surface area contributed by atoms with Gasteiger partial charge in [0.1, 0.15) is 0 Å². The van der Waals surface area contributed by atoms with E-state index in [-0.39, 0.29) is 0 Å². The summed E-state index contributed by atoms with van der Waals surface area (Å²) < 4.78 is 0. The SMILES string of the molecule is NC(=O)C#Cc1ccc2[nH]c3ccccc3c2c1.